The van der Waals surface area contributed by atoms with E-state index in [9.17, 15) is 4.79 Å². The maximum atomic E-state index is 13.1. The van der Waals surface area contributed by atoms with Crippen LogP contribution in [0.4, 0.5) is 0 Å². The first-order valence-electron chi connectivity index (χ1n) is 9.20. The van der Waals surface area contributed by atoms with E-state index in [-0.39, 0.29) is 5.91 Å². The van der Waals surface area contributed by atoms with Crippen LogP contribution in [0, 0.1) is 13.8 Å². The normalized spacial score (nSPS) is 15.6. The van der Waals surface area contributed by atoms with E-state index < -0.39 is 0 Å². The first-order valence-corrected chi connectivity index (χ1v) is 9.20. The predicted molar refractivity (Wildman–Crippen MR) is 102 cm³/mol. The van der Waals surface area contributed by atoms with Crippen molar-refractivity contribution in [2.45, 2.75) is 32.6 Å². The zero-order chi connectivity index (χ0) is 18.3. The molecule has 1 aliphatic heterocycles. The summed E-state index contributed by atoms with van der Waals surface area (Å²) in [5, 5.41) is 5.38. The van der Waals surface area contributed by atoms with Gasteiger partial charge in [0, 0.05) is 25.5 Å². The Hall–Kier alpha value is -2.69. The number of likely N-dealkylation sites (tertiary alicyclic amines) is 1. The number of hydrogen-bond acceptors (Lipinski definition) is 3. The molecule has 2 aromatic heterocycles. The van der Waals surface area contributed by atoms with Gasteiger partial charge in [-0.2, -0.15) is 5.10 Å². The average Bonchev–Trinajstić information content (AvgIpc) is 2.94. The van der Waals surface area contributed by atoms with Gasteiger partial charge in [-0.3, -0.25) is 9.48 Å². The fourth-order valence-corrected chi connectivity index (χ4v) is 3.96. The highest BCUT2D eigenvalue weighted by molar-refractivity contribution is 5.98. The van der Waals surface area contributed by atoms with E-state index >= 15 is 0 Å². The molecule has 1 aliphatic rings. The Morgan fingerprint density at radius 2 is 1.77 bits per heavy atom. The van der Waals surface area contributed by atoms with Crippen molar-refractivity contribution in [2.75, 3.05) is 13.1 Å². The van der Waals surface area contributed by atoms with Crippen LogP contribution < -0.4 is 0 Å². The molecule has 0 unspecified atom stereocenters. The monoisotopic (exact) mass is 348 g/mol. The Kier molecular flexibility index (Phi) is 4.23. The molecule has 5 heteroatoms. The molecule has 0 atom stereocenters. The molecular weight excluding hydrogens is 324 g/mol. The molecule has 0 aliphatic carbocycles. The largest absolute Gasteiger partial charge is 0.339 e. The molecule has 0 N–H and O–H groups in total. The quantitative estimate of drug-likeness (QED) is 0.711. The number of amides is 1. The minimum Gasteiger partial charge on any atom is -0.339 e. The molecule has 3 heterocycles. The van der Waals surface area contributed by atoms with Gasteiger partial charge in [0.1, 0.15) is 0 Å². The highest BCUT2D eigenvalue weighted by Crippen LogP contribution is 2.29. The predicted octanol–water partition coefficient (Wildman–Crippen LogP) is 3.60. The summed E-state index contributed by atoms with van der Waals surface area (Å²) in [6, 6.07) is 12.6. The smallest absolute Gasteiger partial charge is 0.255 e. The number of aryl methyl sites for hydroxylation is 3. The number of aromatic nitrogens is 3. The second-order valence-corrected chi connectivity index (χ2v) is 7.18. The average molecular weight is 348 g/mol. The van der Waals surface area contributed by atoms with E-state index in [2.05, 4.69) is 40.4 Å². The molecule has 1 aromatic carbocycles. The van der Waals surface area contributed by atoms with Crippen molar-refractivity contribution in [3.8, 4) is 0 Å². The molecule has 0 saturated carbocycles. The van der Waals surface area contributed by atoms with Crippen molar-refractivity contribution in [1.29, 1.82) is 0 Å². The number of piperidine rings is 1. The van der Waals surface area contributed by atoms with E-state index in [0.717, 1.165) is 48.4 Å². The van der Waals surface area contributed by atoms with Crippen LogP contribution in [0.3, 0.4) is 0 Å². The van der Waals surface area contributed by atoms with Crippen molar-refractivity contribution in [1.82, 2.24) is 19.7 Å². The number of nitrogens with zero attached hydrogens (tertiary/aromatic N) is 4. The third kappa shape index (κ3) is 2.87. The van der Waals surface area contributed by atoms with E-state index in [1.807, 2.05) is 31.9 Å². The lowest BCUT2D eigenvalue weighted by molar-refractivity contribution is 0.0712. The lowest BCUT2D eigenvalue weighted by Crippen LogP contribution is -2.38. The first kappa shape index (κ1) is 16.8. The zero-order valence-corrected chi connectivity index (χ0v) is 15.6. The van der Waals surface area contributed by atoms with Crippen molar-refractivity contribution in [2.24, 2.45) is 7.05 Å². The molecule has 4 rings (SSSR count). The molecule has 1 amide bonds. The van der Waals surface area contributed by atoms with Gasteiger partial charge in [-0.1, -0.05) is 30.3 Å². The number of benzene rings is 1. The molecule has 0 radical (unpaired) electrons. The topological polar surface area (TPSA) is 51.0 Å². The van der Waals surface area contributed by atoms with Gasteiger partial charge in [0.15, 0.2) is 5.65 Å². The standard InChI is InChI=1S/C21H24N4O/c1-14-19(13-18-15(2)23-24(3)20(18)22-14)21(26)25-11-9-17(10-12-25)16-7-5-4-6-8-16/h4-8,13,17H,9-12H2,1-3H3. The molecule has 134 valence electrons. The number of carbonyl (C=O) groups is 1. The minimum absolute atomic E-state index is 0.0895. The number of pyridine rings is 1. The third-order valence-corrected chi connectivity index (χ3v) is 5.47. The summed E-state index contributed by atoms with van der Waals surface area (Å²) in [6.45, 7) is 5.45. The van der Waals surface area contributed by atoms with Gasteiger partial charge < -0.3 is 4.90 Å². The van der Waals surface area contributed by atoms with Crippen LogP contribution >= 0.6 is 0 Å². The second kappa shape index (κ2) is 6.56. The summed E-state index contributed by atoms with van der Waals surface area (Å²) in [5.41, 5.74) is 4.60. The fraction of sp³-hybridized carbons (Fsp3) is 0.381. The van der Waals surface area contributed by atoms with Gasteiger partial charge in [0.05, 0.1) is 17.0 Å². The van der Waals surface area contributed by atoms with Crippen molar-refractivity contribution < 1.29 is 4.79 Å². The summed E-state index contributed by atoms with van der Waals surface area (Å²) in [6.07, 6.45) is 2.02. The summed E-state index contributed by atoms with van der Waals surface area (Å²) in [4.78, 5) is 19.7. The number of carbonyl (C=O) groups excluding carboxylic acids is 1. The van der Waals surface area contributed by atoms with E-state index in [1.54, 1.807) is 4.68 Å². The van der Waals surface area contributed by atoms with Crippen LogP contribution in [0.5, 0.6) is 0 Å². The maximum Gasteiger partial charge on any atom is 0.255 e. The van der Waals surface area contributed by atoms with E-state index in [1.165, 1.54) is 5.56 Å². The molecular formula is C21H24N4O. The van der Waals surface area contributed by atoms with Crippen molar-refractivity contribution in [3.05, 3.63) is 58.9 Å². The van der Waals surface area contributed by atoms with Gasteiger partial charge in [0.2, 0.25) is 0 Å². The Morgan fingerprint density at radius 3 is 2.46 bits per heavy atom. The van der Waals surface area contributed by atoms with Crippen LogP contribution in [-0.2, 0) is 7.05 Å². The fourth-order valence-electron chi connectivity index (χ4n) is 3.96. The van der Waals surface area contributed by atoms with E-state index in [4.69, 9.17) is 0 Å². The third-order valence-electron chi connectivity index (χ3n) is 5.47. The Bertz CT molecular complexity index is 953. The lowest BCUT2D eigenvalue weighted by Gasteiger charge is -2.32. The number of rotatable bonds is 2. The Morgan fingerprint density at radius 1 is 1.08 bits per heavy atom. The minimum atomic E-state index is 0.0895. The second-order valence-electron chi connectivity index (χ2n) is 7.18. The molecule has 0 spiro atoms. The van der Waals surface area contributed by atoms with Crippen LogP contribution in [-0.4, -0.2) is 38.7 Å². The molecule has 3 aromatic rings. The summed E-state index contributed by atoms with van der Waals surface area (Å²) < 4.78 is 1.78. The van der Waals surface area contributed by atoms with Gasteiger partial charge in [-0.05, 0) is 44.2 Å². The molecule has 26 heavy (non-hydrogen) atoms. The Labute approximate surface area is 153 Å². The van der Waals surface area contributed by atoms with Gasteiger partial charge in [-0.25, -0.2) is 4.98 Å². The summed E-state index contributed by atoms with van der Waals surface area (Å²) in [7, 11) is 1.89. The van der Waals surface area contributed by atoms with E-state index in [0.29, 0.717) is 11.5 Å². The molecule has 1 saturated heterocycles. The summed E-state index contributed by atoms with van der Waals surface area (Å²) in [5.74, 6) is 0.634. The zero-order valence-electron chi connectivity index (χ0n) is 15.6. The van der Waals surface area contributed by atoms with Crippen LogP contribution in [0.1, 0.15) is 46.1 Å². The van der Waals surface area contributed by atoms with Crippen molar-refractivity contribution >= 4 is 16.9 Å². The van der Waals surface area contributed by atoms with Crippen molar-refractivity contribution in [3.63, 3.8) is 0 Å². The lowest BCUT2D eigenvalue weighted by atomic mass is 9.89. The summed E-state index contributed by atoms with van der Waals surface area (Å²) >= 11 is 0. The van der Waals surface area contributed by atoms with Crippen LogP contribution in [0.15, 0.2) is 36.4 Å². The highest BCUT2D eigenvalue weighted by Gasteiger charge is 2.26. The van der Waals surface area contributed by atoms with Crippen LogP contribution in [0.2, 0.25) is 0 Å². The van der Waals surface area contributed by atoms with Crippen LogP contribution in [0.25, 0.3) is 11.0 Å². The molecule has 5 nitrogen and oxygen atoms in total. The highest BCUT2D eigenvalue weighted by atomic mass is 16.2. The van der Waals surface area contributed by atoms with Gasteiger partial charge in [-0.15, -0.1) is 0 Å². The number of fused-ring (bicyclic) bond motifs is 1. The number of hydrogen-bond donors (Lipinski definition) is 0. The first-order chi connectivity index (χ1) is 12.5. The maximum absolute atomic E-state index is 13.1. The van der Waals surface area contributed by atoms with Gasteiger partial charge >= 0.3 is 0 Å². The van der Waals surface area contributed by atoms with Gasteiger partial charge in [0.25, 0.3) is 5.91 Å². The Balaban J connectivity index is 1.54. The SMILES string of the molecule is Cc1nc2c(cc1C(=O)N1CCC(c3ccccc3)CC1)c(C)nn2C. The molecule has 0 bridgehead atoms. The molecule has 1 fully saturated rings.